The number of anilines is 3. The second-order valence-electron chi connectivity index (χ2n) is 15.2. The van der Waals surface area contributed by atoms with Gasteiger partial charge in [0.05, 0.1) is 21.9 Å². The van der Waals surface area contributed by atoms with Gasteiger partial charge in [0.25, 0.3) is 17.4 Å². The third-order valence-electron chi connectivity index (χ3n) is 11.1. The van der Waals surface area contributed by atoms with Crippen LogP contribution in [0.15, 0.2) is 53.5 Å². The number of rotatable bonds is 9. The molecule has 0 radical (unpaired) electrons. The van der Waals surface area contributed by atoms with Crippen LogP contribution in [0.25, 0.3) is 10.2 Å². The van der Waals surface area contributed by atoms with Gasteiger partial charge in [0, 0.05) is 89.3 Å². The Balaban J connectivity index is 0.854. The van der Waals surface area contributed by atoms with Crippen molar-refractivity contribution >= 4 is 61.7 Å². The molecule has 288 valence electrons. The highest BCUT2D eigenvalue weighted by Gasteiger charge is 2.39. The highest BCUT2D eigenvalue weighted by Crippen LogP contribution is 2.36. The van der Waals surface area contributed by atoms with Crippen molar-refractivity contribution in [1.29, 1.82) is 0 Å². The van der Waals surface area contributed by atoms with Crippen molar-refractivity contribution in [2.24, 2.45) is 13.0 Å². The second kappa shape index (κ2) is 15.1. The van der Waals surface area contributed by atoms with Crippen molar-refractivity contribution in [2.75, 3.05) is 60.9 Å². The second-order valence-corrected chi connectivity index (χ2v) is 16.2. The summed E-state index contributed by atoms with van der Waals surface area (Å²) in [7, 11) is 1.64. The number of thiazole rings is 1. The summed E-state index contributed by atoms with van der Waals surface area (Å²) >= 11 is 1.56. The van der Waals surface area contributed by atoms with Crippen molar-refractivity contribution in [2.45, 2.75) is 58.2 Å². The van der Waals surface area contributed by atoms with Crippen molar-refractivity contribution in [3.05, 3.63) is 75.7 Å². The minimum absolute atomic E-state index is 0.138. The summed E-state index contributed by atoms with van der Waals surface area (Å²) in [5, 5.41) is 6.06. The van der Waals surface area contributed by atoms with Gasteiger partial charge in [-0.15, -0.1) is 0 Å². The number of pyridine rings is 1. The Morgan fingerprint density at radius 1 is 0.982 bits per heavy atom. The zero-order valence-corrected chi connectivity index (χ0v) is 32.2. The highest BCUT2D eigenvalue weighted by atomic mass is 32.1. The fourth-order valence-electron chi connectivity index (χ4n) is 8.09. The van der Waals surface area contributed by atoms with E-state index in [1.807, 2.05) is 38.1 Å². The summed E-state index contributed by atoms with van der Waals surface area (Å²) in [5.74, 6) is -0.195. The number of carbonyl (C=O) groups excluding carboxylic acids is 4. The van der Waals surface area contributed by atoms with Crippen LogP contribution in [0, 0.1) is 5.92 Å². The predicted molar refractivity (Wildman–Crippen MR) is 211 cm³/mol. The maximum atomic E-state index is 13.4. The first-order valence-electron chi connectivity index (χ1n) is 19.1. The van der Waals surface area contributed by atoms with Gasteiger partial charge in [0.2, 0.25) is 11.8 Å². The molecule has 4 aliphatic rings. The van der Waals surface area contributed by atoms with Gasteiger partial charge in [0.1, 0.15) is 17.5 Å². The van der Waals surface area contributed by atoms with E-state index in [1.165, 1.54) is 4.57 Å². The van der Waals surface area contributed by atoms with Crippen LogP contribution in [-0.4, -0.2) is 101 Å². The molecule has 0 aliphatic carbocycles. The number of ether oxygens (including phenoxy) is 1. The maximum absolute atomic E-state index is 13.4. The topological polar surface area (TPSA) is 149 Å². The van der Waals surface area contributed by atoms with Crippen molar-refractivity contribution in [3.63, 3.8) is 0 Å². The van der Waals surface area contributed by atoms with Crippen LogP contribution in [-0.2, 0) is 23.2 Å². The minimum atomic E-state index is -0.606. The standard InChI is InChI=1S/C40H46N8O6S/c1-24(2)54-33-21-31-34(20-29(33)36(50)41-30-5-4-12-44(3)39(30)53)55-40(42-31)47-17-15-45(16-18-47)22-25-10-13-46(14-11-25)27-7-6-26-23-48(38(52)28(26)19-27)32-8-9-35(49)43-37(32)51/h4-7,12,19-21,24-25,32H,8-11,13-18,22-23H2,1-3H3,(H,41,50)(H,43,49,51). The molecular formula is C40H46N8O6S. The molecule has 4 aromatic rings. The molecule has 6 heterocycles. The van der Waals surface area contributed by atoms with Crippen LogP contribution >= 0.6 is 11.3 Å². The molecule has 3 saturated heterocycles. The Morgan fingerprint density at radius 3 is 2.51 bits per heavy atom. The molecule has 2 aromatic heterocycles. The molecule has 4 aliphatic heterocycles. The van der Waals surface area contributed by atoms with E-state index in [0.29, 0.717) is 35.8 Å². The molecule has 14 nitrogen and oxygen atoms in total. The molecule has 15 heteroatoms. The Hall–Kier alpha value is -5.28. The molecule has 1 unspecified atom stereocenters. The van der Waals surface area contributed by atoms with Gasteiger partial charge in [-0.2, -0.15) is 0 Å². The van der Waals surface area contributed by atoms with Gasteiger partial charge >= 0.3 is 0 Å². The number of benzene rings is 2. The molecule has 8 rings (SSSR count). The zero-order valence-electron chi connectivity index (χ0n) is 31.4. The fourth-order valence-corrected chi connectivity index (χ4v) is 9.13. The molecule has 1 atom stereocenters. The molecule has 2 N–H and O–H groups in total. The molecule has 2 aromatic carbocycles. The minimum Gasteiger partial charge on any atom is -0.490 e. The lowest BCUT2D eigenvalue weighted by atomic mass is 9.95. The van der Waals surface area contributed by atoms with Crippen LogP contribution in [0.2, 0.25) is 0 Å². The van der Waals surface area contributed by atoms with Crippen LogP contribution < -0.4 is 30.7 Å². The van der Waals surface area contributed by atoms with Gasteiger partial charge in [-0.1, -0.05) is 17.4 Å². The quantitative estimate of drug-likeness (QED) is 0.241. The number of hydrogen-bond acceptors (Lipinski definition) is 11. The Kier molecular flexibility index (Phi) is 10.1. The number of nitrogens with zero attached hydrogens (tertiary/aromatic N) is 6. The number of nitrogens with one attached hydrogen (secondary N) is 2. The number of aromatic nitrogens is 2. The molecular weight excluding hydrogens is 721 g/mol. The van der Waals surface area contributed by atoms with E-state index in [0.717, 1.165) is 85.3 Å². The van der Waals surface area contributed by atoms with Gasteiger partial charge in [-0.05, 0) is 74.9 Å². The van der Waals surface area contributed by atoms with E-state index < -0.39 is 11.9 Å². The van der Waals surface area contributed by atoms with Crippen molar-refractivity contribution in [3.8, 4) is 5.75 Å². The number of piperazine rings is 1. The Labute approximate surface area is 323 Å². The van der Waals surface area contributed by atoms with Gasteiger partial charge in [0.15, 0.2) is 5.13 Å². The Bertz CT molecular complexity index is 2220. The number of hydrogen-bond donors (Lipinski definition) is 2. The van der Waals surface area contributed by atoms with Crippen LogP contribution in [0.5, 0.6) is 5.75 Å². The smallest absolute Gasteiger partial charge is 0.274 e. The molecule has 55 heavy (non-hydrogen) atoms. The number of carbonyl (C=O) groups is 4. The van der Waals surface area contributed by atoms with Gasteiger partial charge < -0.3 is 29.3 Å². The van der Waals surface area contributed by atoms with Crippen molar-refractivity contribution in [1.82, 2.24) is 24.7 Å². The molecule has 0 bridgehead atoms. The first kappa shape index (κ1) is 36.7. The third-order valence-corrected chi connectivity index (χ3v) is 12.2. The summed E-state index contributed by atoms with van der Waals surface area (Å²) in [6.45, 7) is 10.7. The van der Waals surface area contributed by atoms with E-state index in [9.17, 15) is 24.0 Å². The molecule has 0 saturated carbocycles. The summed E-state index contributed by atoms with van der Waals surface area (Å²) in [6.07, 6.45) is 4.24. The fraction of sp³-hybridized carbons (Fsp3) is 0.450. The van der Waals surface area contributed by atoms with Crippen LogP contribution in [0.3, 0.4) is 0 Å². The van der Waals surface area contributed by atoms with Crippen LogP contribution in [0.4, 0.5) is 16.5 Å². The lowest BCUT2D eigenvalue weighted by Crippen LogP contribution is -2.52. The lowest BCUT2D eigenvalue weighted by Gasteiger charge is -2.39. The normalized spacial score (nSPS) is 19.7. The number of fused-ring (bicyclic) bond motifs is 2. The van der Waals surface area contributed by atoms with Gasteiger partial charge in [-0.25, -0.2) is 4.98 Å². The van der Waals surface area contributed by atoms with E-state index in [-0.39, 0.29) is 41.5 Å². The van der Waals surface area contributed by atoms with E-state index in [1.54, 1.807) is 41.6 Å². The summed E-state index contributed by atoms with van der Waals surface area (Å²) in [4.78, 5) is 77.2. The molecule has 4 amide bonds. The zero-order chi connectivity index (χ0) is 38.4. The molecule has 3 fully saturated rings. The Morgan fingerprint density at radius 2 is 1.76 bits per heavy atom. The number of imide groups is 1. The molecule has 0 spiro atoms. The van der Waals surface area contributed by atoms with E-state index in [4.69, 9.17) is 9.72 Å². The predicted octanol–water partition coefficient (Wildman–Crippen LogP) is 3.83. The summed E-state index contributed by atoms with van der Waals surface area (Å²) in [5.41, 5.74) is 3.67. The van der Waals surface area contributed by atoms with E-state index >= 15 is 0 Å². The average molecular weight is 767 g/mol. The highest BCUT2D eigenvalue weighted by molar-refractivity contribution is 7.22. The number of aryl methyl sites for hydroxylation is 1. The first-order chi connectivity index (χ1) is 26.5. The maximum Gasteiger partial charge on any atom is 0.274 e. The number of amides is 4. The first-order valence-corrected chi connectivity index (χ1v) is 19.9. The monoisotopic (exact) mass is 766 g/mol. The van der Waals surface area contributed by atoms with Crippen LogP contribution in [0.1, 0.15) is 65.8 Å². The third kappa shape index (κ3) is 7.55. The largest absolute Gasteiger partial charge is 0.490 e. The van der Waals surface area contributed by atoms with E-state index in [2.05, 4.69) is 31.4 Å². The SMILES string of the molecule is CC(C)Oc1cc2nc(N3CCN(CC4CCN(c5ccc6c(c5)C(=O)N(C5CCC(=O)NC5=O)C6)CC4)CC3)sc2cc1C(=O)Nc1cccn(C)c1=O. The average Bonchev–Trinajstić information content (AvgIpc) is 3.73. The van der Waals surface area contributed by atoms with Gasteiger partial charge in [-0.3, -0.25) is 34.2 Å². The lowest BCUT2D eigenvalue weighted by molar-refractivity contribution is -0.136. The van der Waals surface area contributed by atoms with Crippen molar-refractivity contribution < 1.29 is 23.9 Å². The summed E-state index contributed by atoms with van der Waals surface area (Å²) < 4.78 is 8.36. The number of piperidine rings is 2. The summed E-state index contributed by atoms with van der Waals surface area (Å²) in [6, 6.07) is 12.4.